The lowest BCUT2D eigenvalue weighted by Crippen LogP contribution is -2.34. The molecular formula is C17H22ClN3OS. The molecule has 0 bridgehead atoms. The molecule has 0 radical (unpaired) electrons. The predicted octanol–water partition coefficient (Wildman–Crippen LogP) is 3.91. The fourth-order valence-electron chi connectivity index (χ4n) is 2.10. The van der Waals surface area contributed by atoms with Gasteiger partial charge < -0.3 is 10.6 Å². The summed E-state index contributed by atoms with van der Waals surface area (Å²) in [6, 6.07) is 7.57. The van der Waals surface area contributed by atoms with Crippen LogP contribution in [0.5, 0.6) is 0 Å². The van der Waals surface area contributed by atoms with Gasteiger partial charge in [0.1, 0.15) is 10.7 Å². The molecule has 0 saturated heterocycles. The van der Waals surface area contributed by atoms with Gasteiger partial charge in [0.25, 0.3) is 5.91 Å². The van der Waals surface area contributed by atoms with Crippen molar-refractivity contribution < 1.29 is 4.79 Å². The van der Waals surface area contributed by atoms with Crippen molar-refractivity contribution in [1.29, 1.82) is 0 Å². The fraction of sp³-hybridized carbons (Fsp3) is 0.412. The Morgan fingerprint density at radius 3 is 2.83 bits per heavy atom. The number of carbonyl (C=O) groups excluding carboxylic acids is 1. The smallest absolute Gasteiger partial charge is 0.273 e. The minimum absolute atomic E-state index is 0.0783. The molecule has 1 amide bonds. The summed E-state index contributed by atoms with van der Waals surface area (Å²) in [5.74, 6) is 0.331. The van der Waals surface area contributed by atoms with E-state index in [4.69, 9.17) is 17.3 Å². The Morgan fingerprint density at radius 2 is 2.17 bits per heavy atom. The first kappa shape index (κ1) is 17.9. The maximum atomic E-state index is 12.4. The highest BCUT2D eigenvalue weighted by Gasteiger charge is 2.17. The maximum Gasteiger partial charge on any atom is 0.273 e. The van der Waals surface area contributed by atoms with Gasteiger partial charge in [0.2, 0.25) is 0 Å². The van der Waals surface area contributed by atoms with Gasteiger partial charge in [0, 0.05) is 35.6 Å². The van der Waals surface area contributed by atoms with Gasteiger partial charge in [-0.15, -0.1) is 11.3 Å². The van der Waals surface area contributed by atoms with Gasteiger partial charge in [0.15, 0.2) is 0 Å². The first-order valence-corrected chi connectivity index (χ1v) is 8.86. The van der Waals surface area contributed by atoms with Crippen molar-refractivity contribution in [3.63, 3.8) is 0 Å². The summed E-state index contributed by atoms with van der Waals surface area (Å²) in [5, 5.41) is 3.24. The Balaban J connectivity index is 2.03. The number of thiazole rings is 1. The summed E-state index contributed by atoms with van der Waals surface area (Å²) >= 11 is 7.45. The summed E-state index contributed by atoms with van der Waals surface area (Å²) in [6.07, 6.45) is 0.783. The molecule has 1 aromatic carbocycles. The molecule has 1 aromatic heterocycles. The van der Waals surface area contributed by atoms with Crippen LogP contribution in [0.1, 0.15) is 30.8 Å². The van der Waals surface area contributed by atoms with Gasteiger partial charge in [-0.3, -0.25) is 4.79 Å². The first-order chi connectivity index (χ1) is 10.9. The lowest BCUT2D eigenvalue weighted by atomic mass is 10.0. The van der Waals surface area contributed by atoms with E-state index < -0.39 is 0 Å². The molecule has 0 saturated carbocycles. The van der Waals surface area contributed by atoms with Crippen LogP contribution in [-0.4, -0.2) is 35.4 Å². The first-order valence-electron chi connectivity index (χ1n) is 7.61. The van der Waals surface area contributed by atoms with E-state index in [0.717, 1.165) is 17.0 Å². The Bertz CT molecular complexity index is 671. The van der Waals surface area contributed by atoms with Crippen molar-refractivity contribution in [1.82, 2.24) is 9.88 Å². The number of nitrogens with zero attached hydrogens (tertiary/aromatic N) is 2. The topological polar surface area (TPSA) is 59.2 Å². The Hall–Kier alpha value is -1.43. The third-order valence-corrected chi connectivity index (χ3v) is 4.92. The molecule has 1 heterocycles. The molecule has 4 nitrogen and oxygen atoms in total. The van der Waals surface area contributed by atoms with Crippen LogP contribution in [0.3, 0.4) is 0 Å². The van der Waals surface area contributed by atoms with E-state index in [2.05, 4.69) is 18.8 Å². The van der Waals surface area contributed by atoms with Gasteiger partial charge >= 0.3 is 0 Å². The minimum atomic E-state index is -0.0783. The van der Waals surface area contributed by atoms with Gasteiger partial charge in [-0.2, -0.15) is 0 Å². The second kappa shape index (κ2) is 7.90. The Kier molecular flexibility index (Phi) is 6.16. The van der Waals surface area contributed by atoms with Crippen LogP contribution in [0.2, 0.25) is 5.02 Å². The molecule has 1 unspecified atom stereocenters. The molecule has 6 heteroatoms. The predicted molar refractivity (Wildman–Crippen MR) is 97.0 cm³/mol. The van der Waals surface area contributed by atoms with E-state index in [1.54, 1.807) is 17.3 Å². The number of hydrogen-bond acceptors (Lipinski definition) is 4. The van der Waals surface area contributed by atoms with E-state index in [0.29, 0.717) is 23.2 Å². The molecule has 23 heavy (non-hydrogen) atoms. The van der Waals surface area contributed by atoms with Gasteiger partial charge in [-0.25, -0.2) is 4.98 Å². The molecule has 124 valence electrons. The van der Waals surface area contributed by atoms with E-state index in [-0.39, 0.29) is 11.9 Å². The van der Waals surface area contributed by atoms with Crippen molar-refractivity contribution in [2.45, 2.75) is 26.3 Å². The molecule has 0 aliphatic heterocycles. The third-order valence-electron chi connectivity index (χ3n) is 3.80. The van der Waals surface area contributed by atoms with Crippen molar-refractivity contribution in [3.05, 3.63) is 40.4 Å². The largest absolute Gasteiger partial charge is 0.340 e. The van der Waals surface area contributed by atoms with Crippen LogP contribution in [0.15, 0.2) is 29.6 Å². The van der Waals surface area contributed by atoms with E-state index in [1.165, 1.54) is 11.3 Å². The average Bonchev–Trinajstić information content (AvgIpc) is 3.01. The van der Waals surface area contributed by atoms with Crippen LogP contribution in [0.4, 0.5) is 0 Å². The highest BCUT2D eigenvalue weighted by atomic mass is 35.5. The number of amides is 1. The summed E-state index contributed by atoms with van der Waals surface area (Å²) in [4.78, 5) is 18.6. The van der Waals surface area contributed by atoms with Crippen molar-refractivity contribution in [3.8, 4) is 10.6 Å². The molecular weight excluding hydrogens is 330 g/mol. The van der Waals surface area contributed by atoms with Crippen molar-refractivity contribution in [2.24, 2.45) is 11.7 Å². The van der Waals surface area contributed by atoms with E-state index in [9.17, 15) is 4.79 Å². The molecule has 0 aliphatic carbocycles. The SMILES string of the molecule is CC(C)C(N)CCN(C)C(=O)c1csc(-c2cccc(Cl)c2)n1. The fourth-order valence-corrected chi connectivity index (χ4v) is 3.08. The second-order valence-electron chi connectivity index (χ2n) is 5.97. The average molecular weight is 352 g/mol. The number of carbonyl (C=O) groups is 1. The molecule has 2 rings (SSSR count). The summed E-state index contributed by atoms with van der Waals surface area (Å²) in [5.41, 5.74) is 7.42. The standard InChI is InChI=1S/C17H22ClN3OS/c1-11(2)14(19)7-8-21(3)17(22)15-10-23-16(20-15)12-5-4-6-13(18)9-12/h4-6,9-11,14H,7-8,19H2,1-3H3. The van der Waals surface area contributed by atoms with Crippen LogP contribution in [-0.2, 0) is 0 Å². The molecule has 2 N–H and O–H groups in total. The van der Waals surface area contributed by atoms with Crippen molar-refractivity contribution in [2.75, 3.05) is 13.6 Å². The van der Waals surface area contributed by atoms with E-state index >= 15 is 0 Å². The zero-order chi connectivity index (χ0) is 17.0. The molecule has 1 atom stereocenters. The van der Waals surface area contributed by atoms with Gasteiger partial charge in [-0.1, -0.05) is 37.6 Å². The maximum absolute atomic E-state index is 12.4. The van der Waals surface area contributed by atoms with Crippen LogP contribution in [0.25, 0.3) is 10.6 Å². The molecule has 0 spiro atoms. The lowest BCUT2D eigenvalue weighted by Gasteiger charge is -2.20. The van der Waals surface area contributed by atoms with Gasteiger partial charge in [0.05, 0.1) is 0 Å². The normalized spacial score (nSPS) is 12.4. The summed E-state index contributed by atoms with van der Waals surface area (Å²) in [6.45, 7) is 4.80. The molecule has 0 fully saturated rings. The number of aromatic nitrogens is 1. The van der Waals surface area contributed by atoms with Crippen LogP contribution >= 0.6 is 22.9 Å². The van der Waals surface area contributed by atoms with Gasteiger partial charge in [-0.05, 0) is 24.5 Å². The summed E-state index contributed by atoms with van der Waals surface area (Å²) < 4.78 is 0. The van der Waals surface area contributed by atoms with Crippen molar-refractivity contribution >= 4 is 28.8 Å². The quantitative estimate of drug-likeness (QED) is 0.858. The zero-order valence-electron chi connectivity index (χ0n) is 13.6. The monoisotopic (exact) mass is 351 g/mol. The third kappa shape index (κ3) is 4.77. The number of halogens is 1. The number of hydrogen-bond donors (Lipinski definition) is 1. The highest BCUT2D eigenvalue weighted by Crippen LogP contribution is 2.26. The van der Waals surface area contributed by atoms with Crippen LogP contribution in [0, 0.1) is 5.92 Å². The summed E-state index contributed by atoms with van der Waals surface area (Å²) in [7, 11) is 1.79. The molecule has 2 aromatic rings. The number of nitrogens with two attached hydrogens (primary N) is 1. The number of benzene rings is 1. The number of rotatable bonds is 6. The lowest BCUT2D eigenvalue weighted by molar-refractivity contribution is 0.0784. The second-order valence-corrected chi connectivity index (χ2v) is 7.27. The minimum Gasteiger partial charge on any atom is -0.340 e. The molecule has 0 aliphatic rings. The Morgan fingerprint density at radius 1 is 1.43 bits per heavy atom. The Labute approximate surface area is 146 Å². The zero-order valence-corrected chi connectivity index (χ0v) is 15.2. The highest BCUT2D eigenvalue weighted by molar-refractivity contribution is 7.13. The van der Waals surface area contributed by atoms with Crippen LogP contribution < -0.4 is 5.73 Å². The van der Waals surface area contributed by atoms with E-state index in [1.807, 2.05) is 24.3 Å².